The summed E-state index contributed by atoms with van der Waals surface area (Å²) < 4.78 is 11.1. The molecule has 3 saturated heterocycles. The number of carbonyl (C=O) groups excluding carboxylic acids is 4. The Morgan fingerprint density at radius 2 is 1.52 bits per heavy atom. The van der Waals surface area contributed by atoms with Crippen molar-refractivity contribution in [2.75, 3.05) is 72.2 Å². The molecule has 220 valence electrons. The summed E-state index contributed by atoms with van der Waals surface area (Å²) in [7, 11) is 0. The lowest BCUT2D eigenvalue weighted by Gasteiger charge is -2.38. The highest BCUT2D eigenvalue weighted by molar-refractivity contribution is 5.94. The molecule has 0 saturated carbocycles. The molecule has 3 N–H and O–H groups in total. The Labute approximate surface area is 236 Å². The van der Waals surface area contributed by atoms with Crippen LogP contribution in [0.5, 0.6) is 0 Å². The van der Waals surface area contributed by atoms with Crippen LogP contribution >= 0.6 is 0 Å². The first-order valence-corrected chi connectivity index (χ1v) is 14.5. The van der Waals surface area contributed by atoms with E-state index < -0.39 is 0 Å². The molecular weight excluding hydrogens is 514 g/mol. The minimum Gasteiger partial charge on any atom is -0.377 e. The molecular formula is C29H43N5O6. The van der Waals surface area contributed by atoms with Crippen LogP contribution in [0.4, 0.5) is 0 Å². The Hall–Kier alpha value is -3.02. The predicted octanol–water partition coefficient (Wildman–Crippen LogP) is 0.405. The Bertz CT molecular complexity index is 984. The summed E-state index contributed by atoms with van der Waals surface area (Å²) in [5.74, 6) is 0.0955. The third-order valence-electron chi connectivity index (χ3n) is 8.06. The zero-order valence-corrected chi connectivity index (χ0v) is 23.3. The number of ether oxygens (including phenoxy) is 2. The quantitative estimate of drug-likeness (QED) is 0.480. The number of hydrogen-bond donors (Lipinski definition) is 3. The van der Waals surface area contributed by atoms with Crippen LogP contribution in [0.3, 0.4) is 0 Å². The first kappa shape index (κ1) is 30.0. The number of amides is 4. The van der Waals surface area contributed by atoms with Crippen LogP contribution in [0.25, 0.3) is 0 Å². The molecule has 1 aromatic rings. The van der Waals surface area contributed by atoms with Crippen molar-refractivity contribution in [2.24, 2.45) is 11.8 Å². The summed E-state index contributed by atoms with van der Waals surface area (Å²) in [6.45, 7) is 4.38. The summed E-state index contributed by atoms with van der Waals surface area (Å²) in [5.41, 5.74) is 0.648. The zero-order valence-electron chi connectivity index (χ0n) is 23.3. The fraction of sp³-hybridized carbons (Fsp3) is 0.655. The van der Waals surface area contributed by atoms with Gasteiger partial charge in [-0.15, -0.1) is 0 Å². The number of carbonyl (C=O) groups is 4. The van der Waals surface area contributed by atoms with Crippen LogP contribution < -0.4 is 16.0 Å². The number of nitrogens with one attached hydrogen (secondary N) is 3. The summed E-state index contributed by atoms with van der Waals surface area (Å²) in [6.07, 6.45) is 3.34. The van der Waals surface area contributed by atoms with E-state index in [1.165, 1.54) is 0 Å². The van der Waals surface area contributed by atoms with E-state index in [1.54, 1.807) is 17.0 Å². The van der Waals surface area contributed by atoms with E-state index in [0.717, 1.165) is 25.9 Å². The molecule has 3 fully saturated rings. The van der Waals surface area contributed by atoms with Gasteiger partial charge in [0.2, 0.25) is 17.7 Å². The van der Waals surface area contributed by atoms with Crippen molar-refractivity contribution in [1.29, 1.82) is 0 Å². The average molecular weight is 558 g/mol. The minimum atomic E-state index is -0.246. The molecule has 4 amide bonds. The van der Waals surface area contributed by atoms with Crippen LogP contribution in [0.15, 0.2) is 30.3 Å². The molecule has 0 unspecified atom stereocenters. The third-order valence-corrected chi connectivity index (χ3v) is 8.06. The van der Waals surface area contributed by atoms with E-state index in [1.807, 2.05) is 23.1 Å². The van der Waals surface area contributed by atoms with E-state index in [9.17, 15) is 19.2 Å². The highest BCUT2D eigenvalue weighted by Gasteiger charge is 2.32. The van der Waals surface area contributed by atoms with Gasteiger partial charge in [0.15, 0.2) is 0 Å². The van der Waals surface area contributed by atoms with E-state index in [-0.39, 0.29) is 61.3 Å². The van der Waals surface area contributed by atoms with Gasteiger partial charge in [-0.2, -0.15) is 0 Å². The van der Waals surface area contributed by atoms with Crippen molar-refractivity contribution < 1.29 is 28.7 Å². The molecule has 3 aliphatic rings. The number of likely N-dealkylation sites (tertiary alicyclic amines) is 1. The van der Waals surface area contributed by atoms with Crippen molar-refractivity contribution in [1.82, 2.24) is 25.8 Å². The van der Waals surface area contributed by atoms with Gasteiger partial charge in [0.25, 0.3) is 5.91 Å². The van der Waals surface area contributed by atoms with Crippen LogP contribution in [0, 0.1) is 11.8 Å². The van der Waals surface area contributed by atoms with E-state index in [4.69, 9.17) is 9.47 Å². The smallest absolute Gasteiger partial charge is 0.253 e. The molecule has 2 atom stereocenters. The Morgan fingerprint density at radius 3 is 2.33 bits per heavy atom. The minimum absolute atomic E-state index is 0.0191. The van der Waals surface area contributed by atoms with E-state index in [2.05, 4.69) is 16.0 Å². The SMILES string of the molecule is O=C1C[C@@H]2CCNC[C@@H]2CCNC(=O)CN(C2CCN(C(=O)c3ccccc3)CC2)C(=O)COCCOCCN1. The average Bonchev–Trinajstić information content (AvgIpc) is 2.98. The fourth-order valence-electron chi connectivity index (χ4n) is 5.79. The lowest BCUT2D eigenvalue weighted by molar-refractivity contribution is -0.143. The molecule has 40 heavy (non-hydrogen) atoms. The van der Waals surface area contributed by atoms with Crippen LogP contribution in [-0.2, 0) is 23.9 Å². The standard InChI is InChI=1S/C29H43N5O6/c35-26-18-23-6-10-30-19-24(23)7-11-31-27(36)20-34(28(37)21-40-17-16-39-15-12-32-26)25-8-13-33(14-9-25)29(38)22-4-2-1-3-5-22/h1-5,23-25,30H,6-21H2,(H,31,36)(H,32,35)/t23-,24-/m0/s1. The van der Waals surface area contributed by atoms with Gasteiger partial charge in [-0.3, -0.25) is 19.2 Å². The van der Waals surface area contributed by atoms with Gasteiger partial charge in [-0.25, -0.2) is 0 Å². The highest BCUT2D eigenvalue weighted by Crippen LogP contribution is 2.25. The Kier molecular flexibility index (Phi) is 11.7. The first-order chi connectivity index (χ1) is 19.5. The maximum Gasteiger partial charge on any atom is 0.253 e. The Morgan fingerprint density at radius 1 is 0.800 bits per heavy atom. The van der Waals surface area contributed by atoms with Crippen molar-refractivity contribution in [2.45, 2.75) is 38.1 Å². The zero-order chi connectivity index (χ0) is 28.2. The third kappa shape index (κ3) is 9.00. The topological polar surface area (TPSA) is 129 Å². The predicted molar refractivity (Wildman–Crippen MR) is 148 cm³/mol. The van der Waals surface area contributed by atoms with Gasteiger partial charge in [0, 0.05) is 44.2 Å². The van der Waals surface area contributed by atoms with E-state index in [0.29, 0.717) is 64.2 Å². The summed E-state index contributed by atoms with van der Waals surface area (Å²) in [4.78, 5) is 54.9. The van der Waals surface area contributed by atoms with Gasteiger partial charge in [-0.1, -0.05) is 18.2 Å². The maximum atomic E-state index is 13.2. The lowest BCUT2D eigenvalue weighted by atomic mass is 9.81. The molecule has 0 aliphatic carbocycles. The summed E-state index contributed by atoms with van der Waals surface area (Å²) >= 11 is 0. The molecule has 11 heteroatoms. The van der Waals surface area contributed by atoms with Crippen LogP contribution in [-0.4, -0.2) is 112 Å². The normalized spacial score (nSPS) is 25.6. The number of hydrogen-bond acceptors (Lipinski definition) is 7. The van der Waals surface area contributed by atoms with Crippen molar-refractivity contribution in [3.8, 4) is 0 Å². The second-order valence-electron chi connectivity index (χ2n) is 10.8. The Balaban J connectivity index is 1.36. The molecule has 0 bridgehead atoms. The number of benzene rings is 1. The largest absolute Gasteiger partial charge is 0.377 e. The second kappa shape index (κ2) is 15.7. The molecule has 0 spiro atoms. The highest BCUT2D eigenvalue weighted by atomic mass is 16.5. The second-order valence-corrected chi connectivity index (χ2v) is 10.8. The van der Waals surface area contributed by atoms with Gasteiger partial charge < -0.3 is 35.2 Å². The van der Waals surface area contributed by atoms with Gasteiger partial charge in [0.05, 0.1) is 26.4 Å². The molecule has 11 nitrogen and oxygen atoms in total. The monoisotopic (exact) mass is 557 g/mol. The molecule has 3 aliphatic heterocycles. The van der Waals surface area contributed by atoms with Crippen molar-refractivity contribution in [3.63, 3.8) is 0 Å². The van der Waals surface area contributed by atoms with Gasteiger partial charge >= 0.3 is 0 Å². The molecule has 3 heterocycles. The molecule has 4 rings (SSSR count). The van der Waals surface area contributed by atoms with Crippen LogP contribution in [0.1, 0.15) is 42.5 Å². The van der Waals surface area contributed by atoms with Gasteiger partial charge in [0.1, 0.15) is 6.61 Å². The fourth-order valence-corrected chi connectivity index (χ4v) is 5.79. The first-order valence-electron chi connectivity index (χ1n) is 14.5. The van der Waals surface area contributed by atoms with E-state index >= 15 is 0 Å². The van der Waals surface area contributed by atoms with Crippen molar-refractivity contribution in [3.05, 3.63) is 35.9 Å². The molecule has 1 aromatic carbocycles. The number of nitrogens with zero attached hydrogens (tertiary/aromatic N) is 2. The maximum absolute atomic E-state index is 13.2. The summed E-state index contributed by atoms with van der Waals surface area (Å²) in [6, 6.07) is 9.03. The lowest BCUT2D eigenvalue weighted by Crippen LogP contribution is -2.52. The molecule has 0 aromatic heterocycles. The number of fused-ring (bicyclic) bond motifs is 1. The summed E-state index contributed by atoms with van der Waals surface area (Å²) in [5, 5.41) is 9.32. The van der Waals surface area contributed by atoms with Crippen LogP contribution in [0.2, 0.25) is 0 Å². The van der Waals surface area contributed by atoms with Crippen molar-refractivity contribution >= 4 is 23.6 Å². The number of rotatable bonds is 2. The molecule has 0 radical (unpaired) electrons. The number of piperidine rings is 2. The van der Waals surface area contributed by atoms with Gasteiger partial charge in [-0.05, 0) is 62.7 Å².